The standard InChI is InChI=1S/C23H22ClFN2O3S/c1-2-3-4-16-5-11-19(12-6-16)27-31(29,30)20-13-14-22(21(25)15-20)26-23(28)17-7-9-18(24)10-8-17/h5-15,27H,2-4H2,1H3,(H,26,28). The van der Waals surface area contributed by atoms with E-state index >= 15 is 0 Å². The summed E-state index contributed by atoms with van der Waals surface area (Å²) in [5.41, 5.74) is 1.68. The lowest BCUT2D eigenvalue weighted by atomic mass is 10.1. The first kappa shape index (κ1) is 22.8. The Bertz CT molecular complexity index is 1160. The van der Waals surface area contributed by atoms with Crippen molar-refractivity contribution in [2.45, 2.75) is 31.1 Å². The first-order valence-corrected chi connectivity index (χ1v) is 11.6. The van der Waals surface area contributed by atoms with Crippen LogP contribution < -0.4 is 10.0 Å². The number of halogens is 2. The van der Waals surface area contributed by atoms with Crippen LogP contribution in [-0.4, -0.2) is 14.3 Å². The summed E-state index contributed by atoms with van der Waals surface area (Å²) in [7, 11) is -3.99. The van der Waals surface area contributed by atoms with Gasteiger partial charge in [0.2, 0.25) is 0 Å². The second kappa shape index (κ2) is 9.94. The van der Waals surface area contributed by atoms with Gasteiger partial charge in [0, 0.05) is 16.3 Å². The van der Waals surface area contributed by atoms with Crippen molar-refractivity contribution in [2.75, 3.05) is 10.0 Å². The molecule has 3 aromatic rings. The maximum atomic E-state index is 14.5. The summed E-state index contributed by atoms with van der Waals surface area (Å²) in [5.74, 6) is -1.40. The molecule has 0 unspecified atom stereocenters. The fourth-order valence-corrected chi connectivity index (χ4v) is 4.09. The number of hydrogen-bond donors (Lipinski definition) is 2. The third kappa shape index (κ3) is 6.06. The van der Waals surface area contributed by atoms with Crippen LogP contribution in [0.3, 0.4) is 0 Å². The topological polar surface area (TPSA) is 75.3 Å². The highest BCUT2D eigenvalue weighted by molar-refractivity contribution is 7.92. The van der Waals surface area contributed by atoms with Crippen LogP contribution in [-0.2, 0) is 16.4 Å². The fourth-order valence-electron chi connectivity index (χ4n) is 2.89. The molecule has 0 saturated carbocycles. The Hall–Kier alpha value is -2.90. The van der Waals surface area contributed by atoms with Crippen LogP contribution >= 0.6 is 11.6 Å². The molecule has 0 bridgehead atoms. The third-order valence-corrected chi connectivity index (χ3v) is 6.26. The van der Waals surface area contributed by atoms with Crippen LogP contribution in [0.4, 0.5) is 15.8 Å². The molecule has 0 aliphatic carbocycles. The molecule has 0 aliphatic rings. The number of benzene rings is 3. The summed E-state index contributed by atoms with van der Waals surface area (Å²) < 4.78 is 42.2. The van der Waals surface area contributed by atoms with Gasteiger partial charge in [0.05, 0.1) is 10.6 Å². The van der Waals surface area contributed by atoms with Crippen LogP contribution in [0.5, 0.6) is 0 Å². The lowest BCUT2D eigenvalue weighted by molar-refractivity contribution is 0.102. The van der Waals surface area contributed by atoms with Gasteiger partial charge in [-0.3, -0.25) is 9.52 Å². The number of carbonyl (C=O) groups is 1. The predicted molar refractivity (Wildman–Crippen MR) is 122 cm³/mol. The largest absolute Gasteiger partial charge is 0.319 e. The molecule has 0 saturated heterocycles. The molecule has 0 atom stereocenters. The van der Waals surface area contributed by atoms with Gasteiger partial charge in [0.1, 0.15) is 5.82 Å². The molecule has 3 aromatic carbocycles. The molecular formula is C23H22ClFN2O3S. The minimum absolute atomic E-state index is 0.126. The van der Waals surface area contributed by atoms with Crippen molar-refractivity contribution >= 4 is 38.9 Å². The zero-order valence-electron chi connectivity index (χ0n) is 16.9. The summed E-state index contributed by atoms with van der Waals surface area (Å²) in [6.45, 7) is 2.11. The van der Waals surface area contributed by atoms with E-state index in [1.165, 1.54) is 24.3 Å². The lowest BCUT2D eigenvalue weighted by Gasteiger charge is -2.11. The average Bonchev–Trinajstić information content (AvgIpc) is 2.74. The van der Waals surface area contributed by atoms with Crippen LogP contribution in [0, 0.1) is 5.82 Å². The normalized spacial score (nSPS) is 11.2. The Balaban J connectivity index is 1.71. The molecule has 0 fully saturated rings. The summed E-state index contributed by atoms with van der Waals surface area (Å²) in [6.07, 6.45) is 3.07. The van der Waals surface area contributed by atoms with Crippen molar-refractivity contribution in [1.82, 2.24) is 0 Å². The number of nitrogens with one attached hydrogen (secondary N) is 2. The highest BCUT2D eigenvalue weighted by Crippen LogP contribution is 2.23. The molecule has 0 radical (unpaired) electrons. The Morgan fingerprint density at radius 2 is 1.68 bits per heavy atom. The van der Waals surface area contributed by atoms with E-state index in [9.17, 15) is 17.6 Å². The first-order valence-electron chi connectivity index (χ1n) is 9.77. The van der Waals surface area contributed by atoms with E-state index in [2.05, 4.69) is 17.0 Å². The molecule has 0 spiro atoms. The number of amides is 1. The van der Waals surface area contributed by atoms with E-state index in [0.717, 1.165) is 30.9 Å². The monoisotopic (exact) mass is 460 g/mol. The van der Waals surface area contributed by atoms with Gasteiger partial charge in [-0.2, -0.15) is 0 Å². The zero-order valence-corrected chi connectivity index (χ0v) is 18.4. The van der Waals surface area contributed by atoms with E-state index in [0.29, 0.717) is 16.3 Å². The van der Waals surface area contributed by atoms with Gasteiger partial charge >= 0.3 is 0 Å². The average molecular weight is 461 g/mol. The van der Waals surface area contributed by atoms with Crippen molar-refractivity contribution in [3.63, 3.8) is 0 Å². The van der Waals surface area contributed by atoms with Crippen LogP contribution in [0.25, 0.3) is 0 Å². The van der Waals surface area contributed by atoms with Gasteiger partial charge in [0.25, 0.3) is 15.9 Å². The van der Waals surface area contributed by atoms with Crippen LogP contribution in [0.15, 0.2) is 71.6 Å². The quantitative estimate of drug-likeness (QED) is 0.441. The smallest absolute Gasteiger partial charge is 0.261 e. The minimum Gasteiger partial charge on any atom is -0.319 e. The molecule has 2 N–H and O–H groups in total. The SMILES string of the molecule is CCCCc1ccc(NS(=O)(=O)c2ccc(NC(=O)c3ccc(Cl)cc3)c(F)c2)cc1. The van der Waals surface area contributed by atoms with Gasteiger partial charge in [-0.15, -0.1) is 0 Å². The molecule has 0 aliphatic heterocycles. The molecule has 8 heteroatoms. The number of hydrogen-bond acceptors (Lipinski definition) is 3. The molecule has 3 rings (SSSR count). The highest BCUT2D eigenvalue weighted by Gasteiger charge is 2.18. The fraction of sp³-hybridized carbons (Fsp3) is 0.174. The van der Waals surface area contributed by atoms with E-state index < -0.39 is 21.7 Å². The minimum atomic E-state index is -3.99. The summed E-state index contributed by atoms with van der Waals surface area (Å²) in [4.78, 5) is 12.0. The second-order valence-electron chi connectivity index (χ2n) is 7.01. The molecule has 0 heterocycles. The van der Waals surface area contributed by atoms with Gasteiger partial charge in [-0.1, -0.05) is 37.1 Å². The molecule has 1 amide bonds. The number of sulfonamides is 1. The number of anilines is 2. The van der Waals surface area contributed by atoms with E-state index in [-0.39, 0.29) is 10.6 Å². The van der Waals surface area contributed by atoms with Crippen LogP contribution in [0.1, 0.15) is 35.7 Å². The van der Waals surface area contributed by atoms with Gasteiger partial charge < -0.3 is 5.32 Å². The van der Waals surface area contributed by atoms with Gasteiger partial charge in [-0.25, -0.2) is 12.8 Å². The number of aryl methyl sites for hydroxylation is 1. The zero-order chi connectivity index (χ0) is 22.4. The Labute approximate surface area is 186 Å². The van der Waals surface area contributed by atoms with Crippen molar-refractivity contribution < 1.29 is 17.6 Å². The highest BCUT2D eigenvalue weighted by atomic mass is 35.5. The van der Waals surface area contributed by atoms with Crippen molar-refractivity contribution in [3.05, 3.63) is 88.7 Å². The van der Waals surface area contributed by atoms with Gasteiger partial charge in [0.15, 0.2) is 0 Å². The van der Waals surface area contributed by atoms with Gasteiger partial charge in [-0.05, 0) is 73.0 Å². The summed E-state index contributed by atoms with van der Waals surface area (Å²) in [6, 6.07) is 16.5. The molecule has 5 nitrogen and oxygen atoms in total. The maximum absolute atomic E-state index is 14.5. The Morgan fingerprint density at radius 3 is 2.29 bits per heavy atom. The number of unbranched alkanes of at least 4 members (excludes halogenated alkanes) is 1. The Morgan fingerprint density at radius 1 is 1.00 bits per heavy atom. The lowest BCUT2D eigenvalue weighted by Crippen LogP contribution is -2.15. The van der Waals surface area contributed by atoms with Crippen molar-refractivity contribution in [2.24, 2.45) is 0 Å². The summed E-state index contributed by atoms with van der Waals surface area (Å²) in [5, 5.41) is 2.90. The van der Waals surface area contributed by atoms with Crippen molar-refractivity contribution in [1.29, 1.82) is 0 Å². The van der Waals surface area contributed by atoms with Crippen molar-refractivity contribution in [3.8, 4) is 0 Å². The first-order chi connectivity index (χ1) is 14.8. The van der Waals surface area contributed by atoms with Crippen LogP contribution in [0.2, 0.25) is 5.02 Å². The maximum Gasteiger partial charge on any atom is 0.261 e. The molecular weight excluding hydrogens is 439 g/mol. The Kier molecular flexibility index (Phi) is 7.30. The van der Waals surface area contributed by atoms with E-state index in [4.69, 9.17) is 11.6 Å². The predicted octanol–water partition coefficient (Wildman–Crippen LogP) is 5.87. The third-order valence-electron chi connectivity index (χ3n) is 4.63. The van der Waals surface area contributed by atoms with E-state index in [1.807, 2.05) is 12.1 Å². The molecule has 162 valence electrons. The molecule has 0 aromatic heterocycles. The van der Waals surface area contributed by atoms with E-state index in [1.54, 1.807) is 24.3 Å². The molecule has 31 heavy (non-hydrogen) atoms. The number of carbonyl (C=O) groups excluding carboxylic acids is 1. The number of rotatable bonds is 8. The second-order valence-corrected chi connectivity index (χ2v) is 9.13. The summed E-state index contributed by atoms with van der Waals surface area (Å²) >= 11 is 5.79.